The Balaban J connectivity index is 2.18. The number of alkyl halides is 3. The van der Waals surface area contributed by atoms with Crippen molar-refractivity contribution >= 4 is 16.5 Å². The van der Waals surface area contributed by atoms with E-state index in [1.165, 1.54) is 7.11 Å². The van der Waals surface area contributed by atoms with Crippen LogP contribution in [0.25, 0.3) is 0 Å². The van der Waals surface area contributed by atoms with E-state index in [2.05, 4.69) is 4.98 Å². The highest BCUT2D eigenvalue weighted by molar-refractivity contribution is 7.15. The average molecular weight is 332 g/mol. The van der Waals surface area contributed by atoms with E-state index in [0.717, 1.165) is 11.8 Å². The molecule has 0 N–H and O–H groups in total. The monoisotopic (exact) mass is 332 g/mol. The van der Waals surface area contributed by atoms with Crippen molar-refractivity contribution in [1.82, 2.24) is 4.98 Å². The maximum absolute atomic E-state index is 12.6. The minimum absolute atomic E-state index is 0.296. The summed E-state index contributed by atoms with van der Waals surface area (Å²) < 4.78 is 48.2. The van der Waals surface area contributed by atoms with Gasteiger partial charge in [-0.15, -0.1) is 0 Å². The maximum Gasteiger partial charge on any atom is 0.427 e. The van der Waals surface area contributed by atoms with E-state index in [9.17, 15) is 13.2 Å². The predicted molar refractivity (Wildman–Crippen MR) is 78.8 cm³/mol. The van der Waals surface area contributed by atoms with Crippen LogP contribution in [-0.4, -0.2) is 26.3 Å². The fourth-order valence-corrected chi connectivity index (χ4v) is 2.62. The molecule has 0 saturated carbocycles. The molecule has 2 aromatic rings. The smallest absolute Gasteiger partial charge is 0.427 e. The van der Waals surface area contributed by atoms with Gasteiger partial charge < -0.3 is 14.4 Å². The average Bonchev–Trinajstić information content (AvgIpc) is 2.97. The van der Waals surface area contributed by atoms with Gasteiger partial charge in [0.2, 0.25) is 0 Å². The van der Waals surface area contributed by atoms with Crippen LogP contribution in [-0.2, 0) is 12.7 Å². The van der Waals surface area contributed by atoms with Gasteiger partial charge >= 0.3 is 6.18 Å². The van der Waals surface area contributed by atoms with Gasteiger partial charge in [0, 0.05) is 25.2 Å². The summed E-state index contributed by atoms with van der Waals surface area (Å²) in [4.78, 5) is 4.76. The van der Waals surface area contributed by atoms with Crippen LogP contribution in [0.1, 0.15) is 10.4 Å². The molecule has 0 atom stereocenters. The van der Waals surface area contributed by atoms with E-state index >= 15 is 0 Å². The molecule has 0 bridgehead atoms. The molecule has 0 unspecified atom stereocenters. The molecule has 22 heavy (non-hydrogen) atoms. The Labute approximate surface area is 130 Å². The first kappa shape index (κ1) is 16.4. The van der Waals surface area contributed by atoms with Gasteiger partial charge in [-0.3, -0.25) is 0 Å². The SMILES string of the molecule is COc1ccc(CN(C)c2ncc(C(F)(F)F)s2)c(OC)c1. The van der Waals surface area contributed by atoms with Gasteiger partial charge in [-0.2, -0.15) is 13.2 Å². The normalized spacial score (nSPS) is 11.4. The van der Waals surface area contributed by atoms with Crippen LogP contribution in [0.15, 0.2) is 24.4 Å². The molecule has 4 nitrogen and oxygen atoms in total. The van der Waals surface area contributed by atoms with Gasteiger partial charge in [0.05, 0.1) is 20.4 Å². The number of thiazole rings is 1. The second-order valence-corrected chi connectivity index (χ2v) is 5.55. The highest BCUT2D eigenvalue weighted by Gasteiger charge is 2.33. The molecule has 0 aliphatic heterocycles. The molecule has 2 rings (SSSR count). The first-order valence-corrected chi connectivity index (χ1v) is 7.12. The Bertz CT molecular complexity index is 643. The summed E-state index contributed by atoms with van der Waals surface area (Å²) in [6, 6.07) is 5.31. The number of ether oxygens (including phenoxy) is 2. The van der Waals surface area contributed by atoms with Crippen LogP contribution in [0, 0.1) is 0 Å². The molecule has 0 amide bonds. The third-order valence-corrected chi connectivity index (χ3v) is 4.16. The zero-order valence-electron chi connectivity index (χ0n) is 12.3. The van der Waals surface area contributed by atoms with Crippen molar-refractivity contribution in [2.75, 3.05) is 26.2 Å². The molecule has 0 fully saturated rings. The number of aromatic nitrogens is 1. The number of methoxy groups -OCH3 is 2. The molecular weight excluding hydrogens is 317 g/mol. The summed E-state index contributed by atoms with van der Waals surface area (Å²) in [5, 5.41) is 0.296. The first-order chi connectivity index (χ1) is 10.3. The molecule has 0 spiro atoms. The molecule has 0 saturated heterocycles. The van der Waals surface area contributed by atoms with Gasteiger partial charge in [0.25, 0.3) is 0 Å². The molecule has 1 aromatic heterocycles. The van der Waals surface area contributed by atoms with Gasteiger partial charge in [0.15, 0.2) is 5.13 Å². The van der Waals surface area contributed by atoms with Gasteiger partial charge in [0.1, 0.15) is 16.4 Å². The Hall–Kier alpha value is -1.96. The predicted octanol–water partition coefficient (Wildman–Crippen LogP) is 3.82. The molecular formula is C14H15F3N2O2S. The van der Waals surface area contributed by atoms with E-state index in [1.807, 2.05) is 6.07 Å². The lowest BCUT2D eigenvalue weighted by Gasteiger charge is -2.18. The van der Waals surface area contributed by atoms with Crippen molar-refractivity contribution in [3.05, 3.63) is 34.8 Å². The summed E-state index contributed by atoms with van der Waals surface area (Å²) in [7, 11) is 4.76. The number of hydrogen-bond donors (Lipinski definition) is 0. The van der Waals surface area contributed by atoms with Crippen LogP contribution in [0.5, 0.6) is 11.5 Å². The van der Waals surface area contributed by atoms with Crippen molar-refractivity contribution in [1.29, 1.82) is 0 Å². The van der Waals surface area contributed by atoms with Crippen LogP contribution in [0.2, 0.25) is 0 Å². The molecule has 8 heteroatoms. The van der Waals surface area contributed by atoms with E-state index in [-0.39, 0.29) is 0 Å². The van der Waals surface area contributed by atoms with Crippen molar-refractivity contribution < 1.29 is 22.6 Å². The zero-order chi connectivity index (χ0) is 16.3. The number of anilines is 1. The van der Waals surface area contributed by atoms with Gasteiger partial charge in [-0.05, 0) is 12.1 Å². The lowest BCUT2D eigenvalue weighted by molar-refractivity contribution is -0.134. The summed E-state index contributed by atoms with van der Waals surface area (Å²) in [6.07, 6.45) is -3.52. The second-order valence-electron chi connectivity index (χ2n) is 4.54. The quantitative estimate of drug-likeness (QED) is 0.834. The molecule has 120 valence electrons. The van der Waals surface area contributed by atoms with E-state index in [4.69, 9.17) is 9.47 Å². The van der Waals surface area contributed by atoms with Gasteiger partial charge in [-0.1, -0.05) is 11.3 Å². The van der Waals surface area contributed by atoms with Crippen molar-refractivity contribution in [2.24, 2.45) is 0 Å². The lowest BCUT2D eigenvalue weighted by Crippen LogP contribution is -2.16. The van der Waals surface area contributed by atoms with Crippen LogP contribution in [0.4, 0.5) is 18.3 Å². The Kier molecular flexibility index (Phi) is 4.80. The first-order valence-electron chi connectivity index (χ1n) is 6.30. The Morgan fingerprint density at radius 1 is 1.23 bits per heavy atom. The van der Waals surface area contributed by atoms with Crippen LogP contribution >= 0.6 is 11.3 Å². The molecule has 0 aliphatic carbocycles. The second kappa shape index (κ2) is 6.43. The van der Waals surface area contributed by atoms with Crippen molar-refractivity contribution in [2.45, 2.75) is 12.7 Å². The number of benzene rings is 1. The standard InChI is InChI=1S/C14H15F3N2O2S/c1-19(13-18-7-12(22-13)14(15,16)17)8-9-4-5-10(20-2)6-11(9)21-3/h4-7H,8H2,1-3H3. The summed E-state index contributed by atoms with van der Waals surface area (Å²) in [5.74, 6) is 1.26. The number of rotatable bonds is 5. The largest absolute Gasteiger partial charge is 0.497 e. The number of halogens is 3. The maximum atomic E-state index is 12.6. The minimum atomic E-state index is -4.37. The van der Waals surface area contributed by atoms with Crippen molar-refractivity contribution in [3.63, 3.8) is 0 Å². The van der Waals surface area contributed by atoms with E-state index in [0.29, 0.717) is 34.5 Å². The third-order valence-electron chi connectivity index (χ3n) is 3.00. The van der Waals surface area contributed by atoms with E-state index in [1.54, 1.807) is 31.2 Å². The number of hydrogen-bond acceptors (Lipinski definition) is 5. The molecule has 1 aromatic carbocycles. The third kappa shape index (κ3) is 3.62. The fraction of sp³-hybridized carbons (Fsp3) is 0.357. The molecule has 1 heterocycles. The minimum Gasteiger partial charge on any atom is -0.497 e. The van der Waals surface area contributed by atoms with E-state index < -0.39 is 11.1 Å². The summed E-state index contributed by atoms with van der Waals surface area (Å²) in [6.45, 7) is 0.373. The molecule has 0 radical (unpaired) electrons. The van der Waals surface area contributed by atoms with Gasteiger partial charge in [-0.25, -0.2) is 4.98 Å². The topological polar surface area (TPSA) is 34.6 Å². The fourth-order valence-electron chi connectivity index (χ4n) is 1.88. The highest BCUT2D eigenvalue weighted by atomic mass is 32.1. The van der Waals surface area contributed by atoms with Crippen LogP contribution in [0.3, 0.4) is 0 Å². The molecule has 0 aliphatic rings. The van der Waals surface area contributed by atoms with Crippen LogP contribution < -0.4 is 14.4 Å². The van der Waals surface area contributed by atoms with Crippen molar-refractivity contribution in [3.8, 4) is 11.5 Å². The zero-order valence-corrected chi connectivity index (χ0v) is 13.1. The summed E-state index contributed by atoms with van der Waals surface area (Å²) in [5.41, 5.74) is 0.828. The highest BCUT2D eigenvalue weighted by Crippen LogP contribution is 2.36. The Morgan fingerprint density at radius 3 is 2.50 bits per heavy atom. The lowest BCUT2D eigenvalue weighted by atomic mass is 10.2. The number of nitrogens with zero attached hydrogens (tertiary/aromatic N) is 2. The summed E-state index contributed by atoms with van der Waals surface area (Å²) >= 11 is 0.613. The Morgan fingerprint density at radius 2 is 1.95 bits per heavy atom.